The number of benzene rings is 1. The minimum atomic E-state index is -0.0216. The monoisotopic (exact) mass is 331 g/mol. The number of nitrogens with zero attached hydrogens (tertiary/aromatic N) is 2. The SMILES string of the molecule is O=C1NCCc2[nH]c(-c3ccnc(C=NNc4ccccc4)c3)cc21. The Hall–Kier alpha value is -3.41. The van der Waals surface area contributed by atoms with E-state index in [9.17, 15) is 4.79 Å². The molecule has 3 heterocycles. The Morgan fingerprint density at radius 3 is 2.88 bits per heavy atom. The summed E-state index contributed by atoms with van der Waals surface area (Å²) in [5, 5.41) is 7.07. The van der Waals surface area contributed by atoms with Gasteiger partial charge in [-0.1, -0.05) is 18.2 Å². The molecule has 25 heavy (non-hydrogen) atoms. The molecule has 3 N–H and O–H groups in total. The molecule has 1 amide bonds. The second-order valence-electron chi connectivity index (χ2n) is 5.79. The number of hydrogen-bond acceptors (Lipinski definition) is 4. The van der Waals surface area contributed by atoms with E-state index >= 15 is 0 Å². The van der Waals surface area contributed by atoms with Gasteiger partial charge in [-0.15, -0.1) is 0 Å². The van der Waals surface area contributed by atoms with Crippen LogP contribution in [0.15, 0.2) is 59.8 Å². The highest BCUT2D eigenvalue weighted by Crippen LogP contribution is 2.24. The number of hydrogen-bond donors (Lipinski definition) is 3. The highest BCUT2D eigenvalue weighted by molar-refractivity contribution is 5.97. The number of para-hydroxylation sites is 1. The molecule has 1 aromatic carbocycles. The van der Waals surface area contributed by atoms with Crippen molar-refractivity contribution in [2.24, 2.45) is 5.10 Å². The molecule has 0 aliphatic carbocycles. The second-order valence-corrected chi connectivity index (χ2v) is 5.79. The van der Waals surface area contributed by atoms with E-state index in [2.05, 4.69) is 25.8 Å². The van der Waals surface area contributed by atoms with Gasteiger partial charge in [0.25, 0.3) is 5.91 Å². The average Bonchev–Trinajstić information content (AvgIpc) is 3.09. The highest BCUT2D eigenvalue weighted by Gasteiger charge is 2.19. The lowest BCUT2D eigenvalue weighted by molar-refractivity contribution is 0.0946. The van der Waals surface area contributed by atoms with Gasteiger partial charge in [-0.25, -0.2) is 0 Å². The predicted molar refractivity (Wildman–Crippen MR) is 97.7 cm³/mol. The Balaban J connectivity index is 1.54. The molecule has 0 atom stereocenters. The van der Waals surface area contributed by atoms with E-state index in [1.807, 2.05) is 48.5 Å². The molecule has 0 bridgehead atoms. The highest BCUT2D eigenvalue weighted by atomic mass is 16.1. The lowest BCUT2D eigenvalue weighted by Gasteiger charge is -2.10. The summed E-state index contributed by atoms with van der Waals surface area (Å²) in [5.41, 5.74) is 8.20. The Bertz CT molecular complexity index is 930. The number of rotatable bonds is 4. The first-order chi connectivity index (χ1) is 12.3. The number of pyridine rings is 1. The van der Waals surface area contributed by atoms with Gasteiger partial charge in [0.2, 0.25) is 0 Å². The first kappa shape index (κ1) is 15.1. The molecule has 0 spiro atoms. The first-order valence-corrected chi connectivity index (χ1v) is 8.10. The standard InChI is InChI=1S/C19H17N5O/c25-19-16-11-18(23-17(16)7-9-21-19)13-6-8-20-15(10-13)12-22-24-14-4-2-1-3-5-14/h1-6,8,10-12,23-24H,7,9H2,(H,21,25). The summed E-state index contributed by atoms with van der Waals surface area (Å²) in [6, 6.07) is 15.5. The Morgan fingerprint density at radius 1 is 1.16 bits per heavy atom. The van der Waals surface area contributed by atoms with Crippen LogP contribution in [-0.4, -0.2) is 28.6 Å². The number of anilines is 1. The van der Waals surface area contributed by atoms with Gasteiger partial charge in [0, 0.05) is 36.1 Å². The number of hydrazone groups is 1. The summed E-state index contributed by atoms with van der Waals surface area (Å²) in [6.07, 6.45) is 4.23. The number of amides is 1. The van der Waals surface area contributed by atoms with E-state index in [1.165, 1.54) is 0 Å². The lowest BCUT2D eigenvalue weighted by atomic mass is 10.1. The van der Waals surface area contributed by atoms with Crippen LogP contribution in [0, 0.1) is 0 Å². The summed E-state index contributed by atoms with van der Waals surface area (Å²) in [6.45, 7) is 0.672. The number of aromatic amines is 1. The third-order valence-electron chi connectivity index (χ3n) is 4.06. The fourth-order valence-electron chi connectivity index (χ4n) is 2.82. The van der Waals surface area contributed by atoms with Crippen LogP contribution in [0.1, 0.15) is 21.7 Å². The van der Waals surface area contributed by atoms with E-state index in [0.717, 1.165) is 40.3 Å². The van der Waals surface area contributed by atoms with Crippen molar-refractivity contribution in [3.8, 4) is 11.3 Å². The summed E-state index contributed by atoms with van der Waals surface area (Å²) < 4.78 is 0. The number of nitrogens with one attached hydrogen (secondary N) is 3. The van der Waals surface area contributed by atoms with E-state index in [0.29, 0.717) is 6.54 Å². The van der Waals surface area contributed by atoms with Crippen molar-refractivity contribution in [2.45, 2.75) is 6.42 Å². The van der Waals surface area contributed by atoms with Gasteiger partial charge >= 0.3 is 0 Å². The predicted octanol–water partition coefficient (Wildman–Crippen LogP) is 2.81. The molecule has 0 radical (unpaired) electrons. The van der Waals surface area contributed by atoms with Crippen molar-refractivity contribution >= 4 is 17.8 Å². The van der Waals surface area contributed by atoms with Crippen molar-refractivity contribution in [1.82, 2.24) is 15.3 Å². The van der Waals surface area contributed by atoms with E-state index < -0.39 is 0 Å². The molecule has 6 nitrogen and oxygen atoms in total. The minimum Gasteiger partial charge on any atom is -0.358 e. The van der Waals surface area contributed by atoms with Crippen LogP contribution in [0.5, 0.6) is 0 Å². The van der Waals surface area contributed by atoms with Crippen LogP contribution in [0.25, 0.3) is 11.3 Å². The topological polar surface area (TPSA) is 82.2 Å². The normalized spacial score (nSPS) is 13.5. The van der Waals surface area contributed by atoms with Crippen LogP contribution in [0.4, 0.5) is 5.69 Å². The molecule has 6 heteroatoms. The molecule has 4 rings (SSSR count). The van der Waals surface area contributed by atoms with Crippen LogP contribution >= 0.6 is 0 Å². The molecule has 0 fully saturated rings. The number of aromatic nitrogens is 2. The van der Waals surface area contributed by atoms with Crippen LogP contribution < -0.4 is 10.7 Å². The maximum atomic E-state index is 11.9. The van der Waals surface area contributed by atoms with Gasteiger partial charge in [-0.05, 0) is 30.3 Å². The number of carbonyl (C=O) groups excluding carboxylic acids is 1. The molecule has 1 aliphatic rings. The maximum absolute atomic E-state index is 11.9. The van der Waals surface area contributed by atoms with E-state index in [1.54, 1.807) is 12.4 Å². The average molecular weight is 331 g/mol. The zero-order valence-electron chi connectivity index (χ0n) is 13.5. The molecule has 0 saturated carbocycles. The Labute approximate surface area is 145 Å². The van der Waals surface area contributed by atoms with Gasteiger partial charge in [-0.3, -0.25) is 15.2 Å². The molecular weight excluding hydrogens is 314 g/mol. The van der Waals surface area contributed by atoms with Crippen LogP contribution in [0.2, 0.25) is 0 Å². The van der Waals surface area contributed by atoms with Crippen molar-refractivity contribution in [2.75, 3.05) is 12.0 Å². The van der Waals surface area contributed by atoms with Crippen molar-refractivity contribution in [3.63, 3.8) is 0 Å². The zero-order chi connectivity index (χ0) is 17.1. The van der Waals surface area contributed by atoms with Gasteiger partial charge in [0.15, 0.2) is 0 Å². The van der Waals surface area contributed by atoms with Gasteiger partial charge in [0.1, 0.15) is 0 Å². The van der Waals surface area contributed by atoms with E-state index in [4.69, 9.17) is 0 Å². The molecule has 3 aromatic rings. The minimum absolute atomic E-state index is 0.0216. The number of H-pyrrole nitrogens is 1. The van der Waals surface area contributed by atoms with Crippen molar-refractivity contribution < 1.29 is 4.79 Å². The van der Waals surface area contributed by atoms with E-state index in [-0.39, 0.29) is 5.91 Å². The largest absolute Gasteiger partial charge is 0.358 e. The van der Waals surface area contributed by atoms with Crippen molar-refractivity contribution in [3.05, 3.63) is 71.7 Å². The molecule has 0 saturated heterocycles. The summed E-state index contributed by atoms with van der Waals surface area (Å²) in [7, 11) is 0. The quantitative estimate of drug-likeness (QED) is 0.508. The van der Waals surface area contributed by atoms with Gasteiger partial charge < -0.3 is 10.3 Å². The number of fused-ring (bicyclic) bond motifs is 1. The molecule has 1 aliphatic heterocycles. The smallest absolute Gasteiger partial charge is 0.253 e. The fraction of sp³-hybridized carbons (Fsp3) is 0.105. The molecule has 124 valence electrons. The summed E-state index contributed by atoms with van der Waals surface area (Å²) in [5.74, 6) is -0.0216. The molecular formula is C19H17N5O. The third-order valence-corrected chi connectivity index (χ3v) is 4.06. The number of carbonyl (C=O) groups is 1. The maximum Gasteiger partial charge on any atom is 0.253 e. The molecule has 0 unspecified atom stereocenters. The second kappa shape index (κ2) is 6.60. The third kappa shape index (κ3) is 3.28. The van der Waals surface area contributed by atoms with Gasteiger partial charge in [0.05, 0.1) is 23.2 Å². The molecule has 2 aromatic heterocycles. The summed E-state index contributed by atoms with van der Waals surface area (Å²) >= 11 is 0. The zero-order valence-corrected chi connectivity index (χ0v) is 13.5. The lowest BCUT2D eigenvalue weighted by Crippen LogP contribution is -2.31. The van der Waals surface area contributed by atoms with Gasteiger partial charge in [-0.2, -0.15) is 5.10 Å². The first-order valence-electron chi connectivity index (χ1n) is 8.10. The Kier molecular flexibility index (Phi) is 4.00. The van der Waals surface area contributed by atoms with Crippen molar-refractivity contribution in [1.29, 1.82) is 0 Å². The fourth-order valence-corrected chi connectivity index (χ4v) is 2.82. The summed E-state index contributed by atoms with van der Waals surface area (Å²) in [4.78, 5) is 19.6. The van der Waals surface area contributed by atoms with Crippen LogP contribution in [0.3, 0.4) is 0 Å². The Morgan fingerprint density at radius 2 is 2.04 bits per heavy atom. The van der Waals surface area contributed by atoms with Crippen LogP contribution in [-0.2, 0) is 6.42 Å².